The number of amides is 2. The monoisotopic (exact) mass is 358 g/mol. The zero-order chi connectivity index (χ0) is 18.7. The van der Waals surface area contributed by atoms with E-state index in [1.807, 2.05) is 36.1 Å². The van der Waals surface area contributed by atoms with Crippen molar-refractivity contribution in [3.05, 3.63) is 24.3 Å². The molecule has 5 heteroatoms. The molecule has 1 aliphatic heterocycles. The van der Waals surface area contributed by atoms with Gasteiger partial charge in [-0.1, -0.05) is 38.8 Å². The van der Waals surface area contributed by atoms with Crippen LogP contribution < -0.4 is 10.1 Å². The third-order valence-corrected chi connectivity index (χ3v) is 6.04. The molecule has 2 aliphatic rings. The Hall–Kier alpha value is -2.04. The molecule has 4 atom stereocenters. The molecule has 142 valence electrons. The van der Waals surface area contributed by atoms with Gasteiger partial charge in [0.25, 0.3) is 0 Å². The highest BCUT2D eigenvalue weighted by Crippen LogP contribution is 2.36. The molecule has 0 radical (unpaired) electrons. The number of carbonyl (C=O) groups is 2. The van der Waals surface area contributed by atoms with Crippen molar-refractivity contribution >= 4 is 17.5 Å². The van der Waals surface area contributed by atoms with Crippen LogP contribution in [0, 0.1) is 17.8 Å². The summed E-state index contributed by atoms with van der Waals surface area (Å²) in [6.45, 7) is 7.50. The molecule has 0 bridgehead atoms. The molecule has 1 N–H and O–H groups in total. The van der Waals surface area contributed by atoms with Crippen LogP contribution in [0.3, 0.4) is 0 Å². The number of hydrogen-bond acceptors (Lipinski definition) is 3. The van der Waals surface area contributed by atoms with Crippen LogP contribution in [-0.2, 0) is 9.59 Å². The van der Waals surface area contributed by atoms with E-state index in [0.717, 1.165) is 6.42 Å². The Morgan fingerprint density at radius 2 is 2.04 bits per heavy atom. The normalized spacial score (nSPS) is 28.9. The molecule has 1 aromatic carbocycles. The third-order valence-electron chi connectivity index (χ3n) is 6.04. The molecule has 26 heavy (non-hydrogen) atoms. The maximum absolute atomic E-state index is 12.7. The fourth-order valence-corrected chi connectivity index (χ4v) is 4.31. The Morgan fingerprint density at radius 3 is 2.81 bits per heavy atom. The highest BCUT2D eigenvalue weighted by Gasteiger charge is 2.41. The van der Waals surface area contributed by atoms with Crippen LogP contribution in [0.2, 0.25) is 0 Å². The molecule has 0 aromatic heterocycles. The SMILES string of the molecule is CCOc1ccccc1NC(=O)[C@@H]1CC(=O)N([C@@H]2CCC[C@H](C)[C@@H]2C)C1. The van der Waals surface area contributed by atoms with Gasteiger partial charge in [0.05, 0.1) is 18.2 Å². The summed E-state index contributed by atoms with van der Waals surface area (Å²) in [6.07, 6.45) is 3.76. The number of para-hydroxylation sites is 2. The second kappa shape index (κ2) is 8.11. The summed E-state index contributed by atoms with van der Waals surface area (Å²) in [4.78, 5) is 27.3. The summed E-state index contributed by atoms with van der Waals surface area (Å²) in [5, 5.41) is 2.96. The lowest BCUT2D eigenvalue weighted by molar-refractivity contribution is -0.131. The average Bonchev–Trinajstić information content (AvgIpc) is 3.01. The Morgan fingerprint density at radius 1 is 1.27 bits per heavy atom. The van der Waals surface area contributed by atoms with Gasteiger partial charge in [0.2, 0.25) is 11.8 Å². The van der Waals surface area contributed by atoms with Crippen LogP contribution in [-0.4, -0.2) is 35.9 Å². The molecule has 1 saturated heterocycles. The molecule has 2 fully saturated rings. The molecule has 1 heterocycles. The van der Waals surface area contributed by atoms with Gasteiger partial charge in [-0.05, 0) is 37.3 Å². The first kappa shape index (κ1) is 18.7. The van der Waals surface area contributed by atoms with Gasteiger partial charge in [-0.25, -0.2) is 0 Å². The van der Waals surface area contributed by atoms with Crippen LogP contribution in [0.15, 0.2) is 24.3 Å². The Labute approximate surface area is 156 Å². The number of likely N-dealkylation sites (tertiary alicyclic amines) is 1. The van der Waals surface area contributed by atoms with Gasteiger partial charge in [0.1, 0.15) is 5.75 Å². The molecule has 1 aliphatic carbocycles. The van der Waals surface area contributed by atoms with Gasteiger partial charge in [0.15, 0.2) is 0 Å². The van der Waals surface area contributed by atoms with Gasteiger partial charge in [-0.2, -0.15) is 0 Å². The minimum Gasteiger partial charge on any atom is -0.492 e. The summed E-state index contributed by atoms with van der Waals surface area (Å²) >= 11 is 0. The van der Waals surface area contributed by atoms with E-state index < -0.39 is 0 Å². The quantitative estimate of drug-likeness (QED) is 0.873. The van der Waals surface area contributed by atoms with E-state index in [1.54, 1.807) is 0 Å². The van der Waals surface area contributed by atoms with Crippen LogP contribution >= 0.6 is 0 Å². The molecule has 5 nitrogen and oxygen atoms in total. The van der Waals surface area contributed by atoms with Crippen molar-refractivity contribution in [1.29, 1.82) is 0 Å². The molecule has 1 aromatic rings. The van der Waals surface area contributed by atoms with Crippen LogP contribution in [0.5, 0.6) is 5.75 Å². The summed E-state index contributed by atoms with van der Waals surface area (Å²) in [6, 6.07) is 7.71. The number of nitrogens with one attached hydrogen (secondary N) is 1. The molecular weight excluding hydrogens is 328 g/mol. The van der Waals surface area contributed by atoms with E-state index in [2.05, 4.69) is 19.2 Å². The van der Waals surface area contributed by atoms with Crippen molar-refractivity contribution in [2.24, 2.45) is 17.8 Å². The minimum absolute atomic E-state index is 0.0930. The highest BCUT2D eigenvalue weighted by molar-refractivity contribution is 5.98. The lowest BCUT2D eigenvalue weighted by Gasteiger charge is -2.40. The van der Waals surface area contributed by atoms with E-state index in [9.17, 15) is 9.59 Å². The lowest BCUT2D eigenvalue weighted by atomic mass is 9.77. The average molecular weight is 358 g/mol. The fourth-order valence-electron chi connectivity index (χ4n) is 4.31. The van der Waals surface area contributed by atoms with Crippen molar-refractivity contribution in [3.63, 3.8) is 0 Å². The van der Waals surface area contributed by atoms with Crippen LogP contribution in [0.25, 0.3) is 0 Å². The summed E-state index contributed by atoms with van der Waals surface area (Å²) in [7, 11) is 0. The second-order valence-corrected chi connectivity index (χ2v) is 7.70. The number of benzene rings is 1. The number of rotatable bonds is 5. The van der Waals surface area contributed by atoms with Crippen molar-refractivity contribution in [3.8, 4) is 5.75 Å². The third kappa shape index (κ3) is 3.87. The molecule has 0 spiro atoms. The van der Waals surface area contributed by atoms with Gasteiger partial charge >= 0.3 is 0 Å². The number of ether oxygens (including phenoxy) is 1. The first-order valence-corrected chi connectivity index (χ1v) is 9.83. The number of anilines is 1. The number of nitrogens with zero attached hydrogens (tertiary/aromatic N) is 1. The predicted molar refractivity (Wildman–Crippen MR) is 102 cm³/mol. The number of carbonyl (C=O) groups excluding carboxylic acids is 2. The second-order valence-electron chi connectivity index (χ2n) is 7.70. The van der Waals surface area contributed by atoms with Gasteiger partial charge < -0.3 is 15.0 Å². The lowest BCUT2D eigenvalue weighted by Crippen LogP contribution is -2.45. The topological polar surface area (TPSA) is 58.6 Å². The summed E-state index contributed by atoms with van der Waals surface area (Å²) < 4.78 is 5.57. The van der Waals surface area contributed by atoms with E-state index in [0.29, 0.717) is 42.8 Å². The van der Waals surface area contributed by atoms with Gasteiger partial charge in [-0.15, -0.1) is 0 Å². The maximum Gasteiger partial charge on any atom is 0.229 e. The Bertz CT molecular complexity index is 660. The molecule has 2 amide bonds. The minimum atomic E-state index is -0.290. The van der Waals surface area contributed by atoms with Crippen LogP contribution in [0.1, 0.15) is 46.5 Å². The molecular formula is C21H30N2O3. The Balaban J connectivity index is 1.66. The molecule has 0 unspecified atom stereocenters. The number of hydrogen-bond donors (Lipinski definition) is 1. The summed E-state index contributed by atoms with van der Waals surface area (Å²) in [5.41, 5.74) is 0.671. The first-order chi connectivity index (χ1) is 12.5. The Kier molecular flexibility index (Phi) is 5.84. The zero-order valence-corrected chi connectivity index (χ0v) is 16.0. The molecule has 3 rings (SSSR count). The van der Waals surface area contributed by atoms with Crippen LogP contribution in [0.4, 0.5) is 5.69 Å². The van der Waals surface area contributed by atoms with Crippen molar-refractivity contribution in [2.45, 2.75) is 52.5 Å². The zero-order valence-electron chi connectivity index (χ0n) is 16.0. The highest BCUT2D eigenvalue weighted by atomic mass is 16.5. The first-order valence-electron chi connectivity index (χ1n) is 9.83. The van der Waals surface area contributed by atoms with E-state index >= 15 is 0 Å². The summed E-state index contributed by atoms with van der Waals surface area (Å²) in [5.74, 6) is 1.53. The smallest absolute Gasteiger partial charge is 0.229 e. The largest absolute Gasteiger partial charge is 0.492 e. The van der Waals surface area contributed by atoms with Crippen molar-refractivity contribution in [2.75, 3.05) is 18.5 Å². The van der Waals surface area contributed by atoms with E-state index in [4.69, 9.17) is 4.74 Å². The van der Waals surface area contributed by atoms with Gasteiger partial charge in [0, 0.05) is 19.0 Å². The van der Waals surface area contributed by atoms with Gasteiger partial charge in [-0.3, -0.25) is 9.59 Å². The molecule has 1 saturated carbocycles. The van der Waals surface area contributed by atoms with E-state index in [1.165, 1.54) is 12.8 Å². The predicted octanol–water partition coefficient (Wildman–Crippen LogP) is 3.70. The fraction of sp³-hybridized carbons (Fsp3) is 0.619. The maximum atomic E-state index is 12.7. The van der Waals surface area contributed by atoms with E-state index in [-0.39, 0.29) is 23.8 Å². The van der Waals surface area contributed by atoms with Crippen molar-refractivity contribution in [1.82, 2.24) is 4.90 Å². The van der Waals surface area contributed by atoms with Crippen molar-refractivity contribution < 1.29 is 14.3 Å². The standard InChI is InChI=1S/C21H30N2O3/c1-4-26-19-11-6-5-9-17(19)22-21(25)16-12-20(24)23(13-16)18-10-7-8-14(2)15(18)3/h5-6,9,11,14-16,18H,4,7-8,10,12-13H2,1-3H3,(H,22,25)/t14-,15-,16+,18+/m0/s1.